The Labute approximate surface area is 194 Å². The van der Waals surface area contributed by atoms with Gasteiger partial charge in [0, 0.05) is 32.7 Å². The normalized spacial score (nSPS) is 14.1. The van der Waals surface area contributed by atoms with Crippen LogP contribution in [0.15, 0.2) is 48.5 Å². The van der Waals surface area contributed by atoms with E-state index in [0.717, 1.165) is 11.1 Å². The van der Waals surface area contributed by atoms with E-state index in [-0.39, 0.29) is 18.5 Å². The first-order valence-electron chi connectivity index (χ1n) is 11.2. The van der Waals surface area contributed by atoms with Crippen molar-refractivity contribution in [3.05, 3.63) is 65.5 Å². The van der Waals surface area contributed by atoms with E-state index in [9.17, 15) is 14.0 Å². The minimum atomic E-state index is -0.538. The van der Waals surface area contributed by atoms with Crippen LogP contribution in [0.25, 0.3) is 0 Å². The molecule has 1 heterocycles. The molecule has 1 saturated heterocycles. The molecule has 0 radical (unpaired) electrons. The first kappa shape index (κ1) is 24.4. The number of anilines is 1. The Morgan fingerprint density at radius 3 is 2.33 bits per heavy atom. The third-order valence-corrected chi connectivity index (χ3v) is 5.18. The first-order valence-corrected chi connectivity index (χ1v) is 11.2. The van der Waals surface area contributed by atoms with Gasteiger partial charge in [-0.2, -0.15) is 0 Å². The van der Waals surface area contributed by atoms with E-state index in [0.29, 0.717) is 44.8 Å². The number of ether oxygens (including phenoxy) is 2. The lowest BCUT2D eigenvalue weighted by atomic mass is 10.1. The molecule has 0 unspecified atom stereocenters. The van der Waals surface area contributed by atoms with Crippen molar-refractivity contribution in [2.75, 3.05) is 37.6 Å². The van der Waals surface area contributed by atoms with Crippen LogP contribution in [0.4, 0.5) is 19.7 Å². The highest BCUT2D eigenvalue weighted by molar-refractivity contribution is 5.69. The van der Waals surface area contributed by atoms with E-state index < -0.39 is 11.7 Å². The summed E-state index contributed by atoms with van der Waals surface area (Å²) in [6, 6.07) is 14.5. The zero-order chi connectivity index (χ0) is 23.8. The van der Waals surface area contributed by atoms with Gasteiger partial charge in [-0.15, -0.1) is 0 Å². The molecule has 1 N–H and O–H groups in total. The highest BCUT2D eigenvalue weighted by atomic mass is 19.1. The minimum absolute atomic E-state index is 0.206. The molecule has 0 atom stereocenters. The fourth-order valence-corrected chi connectivity index (χ4v) is 3.50. The summed E-state index contributed by atoms with van der Waals surface area (Å²) in [5.41, 5.74) is 1.67. The first-order chi connectivity index (χ1) is 15.7. The summed E-state index contributed by atoms with van der Waals surface area (Å²) in [5.74, 6) is -0.315. The standard InChI is InChI=1S/C25H32FN3O4/c1-25(2,3)33-24(31)29-15-13-28(14-16-29)22-10-9-19(17-21(22)26)11-12-27-23(30)32-18-20-7-5-4-6-8-20/h4-10,17H,11-16,18H2,1-3H3,(H,27,30). The summed E-state index contributed by atoms with van der Waals surface area (Å²) in [5, 5.41) is 2.69. The second kappa shape index (κ2) is 11.0. The molecule has 0 saturated carbocycles. The molecule has 0 bridgehead atoms. The van der Waals surface area contributed by atoms with Crippen LogP contribution in [0.2, 0.25) is 0 Å². The Morgan fingerprint density at radius 1 is 1.00 bits per heavy atom. The number of rotatable bonds is 6. The van der Waals surface area contributed by atoms with Crippen LogP contribution >= 0.6 is 0 Å². The topological polar surface area (TPSA) is 71.1 Å². The molecule has 2 aromatic rings. The predicted octanol–water partition coefficient (Wildman–Crippen LogP) is 4.35. The van der Waals surface area contributed by atoms with E-state index in [4.69, 9.17) is 9.47 Å². The highest BCUT2D eigenvalue weighted by Gasteiger charge is 2.26. The molecular weight excluding hydrogens is 425 g/mol. The van der Waals surface area contributed by atoms with Crippen LogP contribution in [-0.4, -0.2) is 55.4 Å². The summed E-state index contributed by atoms with van der Waals surface area (Å²) in [7, 11) is 0. The van der Waals surface area contributed by atoms with Gasteiger partial charge in [0.15, 0.2) is 0 Å². The molecule has 1 aliphatic heterocycles. The monoisotopic (exact) mass is 457 g/mol. The van der Waals surface area contributed by atoms with Crippen molar-refractivity contribution in [3.63, 3.8) is 0 Å². The van der Waals surface area contributed by atoms with Crippen LogP contribution in [0.5, 0.6) is 0 Å². The molecule has 0 spiro atoms. The second-order valence-electron chi connectivity index (χ2n) is 8.98. The fourth-order valence-electron chi connectivity index (χ4n) is 3.50. The van der Waals surface area contributed by atoms with Gasteiger partial charge in [0.25, 0.3) is 0 Å². The van der Waals surface area contributed by atoms with Gasteiger partial charge in [0.2, 0.25) is 0 Å². The molecule has 0 aliphatic carbocycles. The lowest BCUT2D eigenvalue weighted by molar-refractivity contribution is 0.0240. The van der Waals surface area contributed by atoms with Crippen molar-refractivity contribution in [1.29, 1.82) is 0 Å². The molecule has 3 rings (SSSR count). The number of hydrogen-bond acceptors (Lipinski definition) is 5. The maximum absolute atomic E-state index is 14.7. The Hall–Kier alpha value is -3.29. The van der Waals surface area contributed by atoms with Crippen LogP contribution in [0, 0.1) is 5.82 Å². The minimum Gasteiger partial charge on any atom is -0.445 e. The average molecular weight is 458 g/mol. The number of amides is 2. The average Bonchev–Trinajstić information content (AvgIpc) is 2.77. The van der Waals surface area contributed by atoms with Crippen LogP contribution in [0.1, 0.15) is 31.9 Å². The molecule has 0 aromatic heterocycles. The van der Waals surface area contributed by atoms with Crippen LogP contribution in [-0.2, 0) is 22.5 Å². The summed E-state index contributed by atoms with van der Waals surface area (Å²) in [6.45, 7) is 8.08. The van der Waals surface area contributed by atoms with Crippen molar-refractivity contribution in [2.45, 2.75) is 39.4 Å². The maximum atomic E-state index is 14.7. The largest absolute Gasteiger partial charge is 0.445 e. The van der Waals surface area contributed by atoms with Gasteiger partial charge in [-0.1, -0.05) is 36.4 Å². The zero-order valence-corrected chi connectivity index (χ0v) is 19.5. The molecule has 1 aliphatic rings. The van der Waals surface area contributed by atoms with E-state index in [1.54, 1.807) is 11.0 Å². The third kappa shape index (κ3) is 7.66. The van der Waals surface area contributed by atoms with Gasteiger partial charge in [0.05, 0.1) is 5.69 Å². The molecular formula is C25H32FN3O4. The second-order valence-corrected chi connectivity index (χ2v) is 8.98. The number of benzene rings is 2. The van der Waals surface area contributed by atoms with E-state index in [1.807, 2.05) is 62.1 Å². The molecule has 2 aromatic carbocycles. The van der Waals surface area contributed by atoms with Crippen molar-refractivity contribution < 1.29 is 23.5 Å². The predicted molar refractivity (Wildman–Crippen MR) is 125 cm³/mol. The zero-order valence-electron chi connectivity index (χ0n) is 19.5. The lowest BCUT2D eigenvalue weighted by Gasteiger charge is -2.36. The Bertz CT molecular complexity index is 938. The lowest BCUT2D eigenvalue weighted by Crippen LogP contribution is -2.50. The Kier molecular flexibility index (Phi) is 8.14. The Morgan fingerprint density at radius 2 is 1.70 bits per heavy atom. The van der Waals surface area contributed by atoms with Crippen molar-refractivity contribution >= 4 is 17.9 Å². The molecule has 33 heavy (non-hydrogen) atoms. The van der Waals surface area contributed by atoms with Gasteiger partial charge < -0.3 is 24.6 Å². The number of halogens is 1. The molecule has 7 nitrogen and oxygen atoms in total. The number of carbonyl (C=O) groups is 2. The summed E-state index contributed by atoms with van der Waals surface area (Å²) >= 11 is 0. The number of hydrogen-bond donors (Lipinski definition) is 1. The van der Waals surface area contributed by atoms with Gasteiger partial charge in [-0.05, 0) is 50.5 Å². The third-order valence-electron chi connectivity index (χ3n) is 5.18. The molecule has 1 fully saturated rings. The summed E-state index contributed by atoms with van der Waals surface area (Å²) < 4.78 is 25.3. The quantitative estimate of drug-likeness (QED) is 0.698. The summed E-state index contributed by atoms with van der Waals surface area (Å²) in [6.07, 6.45) is -0.351. The fraction of sp³-hybridized carbons (Fsp3) is 0.440. The van der Waals surface area contributed by atoms with E-state index in [1.165, 1.54) is 6.07 Å². The van der Waals surface area contributed by atoms with Crippen LogP contribution in [0.3, 0.4) is 0 Å². The van der Waals surface area contributed by atoms with Crippen molar-refractivity contribution in [3.8, 4) is 0 Å². The molecule has 178 valence electrons. The van der Waals surface area contributed by atoms with Crippen LogP contribution < -0.4 is 10.2 Å². The number of piperazine rings is 1. The Balaban J connectivity index is 1.42. The maximum Gasteiger partial charge on any atom is 0.410 e. The molecule has 8 heteroatoms. The number of alkyl carbamates (subject to hydrolysis) is 1. The van der Waals surface area contributed by atoms with Gasteiger partial charge in [-0.3, -0.25) is 0 Å². The number of carbonyl (C=O) groups excluding carboxylic acids is 2. The van der Waals surface area contributed by atoms with Gasteiger partial charge in [-0.25, -0.2) is 14.0 Å². The van der Waals surface area contributed by atoms with Gasteiger partial charge >= 0.3 is 12.2 Å². The number of nitrogens with zero attached hydrogens (tertiary/aromatic N) is 2. The smallest absolute Gasteiger partial charge is 0.410 e. The van der Waals surface area contributed by atoms with Gasteiger partial charge in [0.1, 0.15) is 18.0 Å². The SMILES string of the molecule is CC(C)(C)OC(=O)N1CCN(c2ccc(CCNC(=O)OCc3ccccc3)cc2F)CC1. The van der Waals surface area contributed by atoms with Crippen molar-refractivity contribution in [1.82, 2.24) is 10.2 Å². The summed E-state index contributed by atoms with van der Waals surface area (Å²) in [4.78, 5) is 27.6. The van der Waals surface area contributed by atoms with E-state index in [2.05, 4.69) is 5.32 Å². The van der Waals surface area contributed by atoms with Crippen molar-refractivity contribution in [2.24, 2.45) is 0 Å². The van der Waals surface area contributed by atoms with E-state index >= 15 is 0 Å². The molecule has 2 amide bonds. The number of nitrogens with one attached hydrogen (secondary N) is 1. The highest BCUT2D eigenvalue weighted by Crippen LogP contribution is 2.23.